The van der Waals surface area contributed by atoms with Crippen molar-refractivity contribution in [1.82, 2.24) is 31.5 Å². The first-order valence-corrected chi connectivity index (χ1v) is 5.60. The van der Waals surface area contributed by atoms with Crippen molar-refractivity contribution < 1.29 is 19.1 Å². The summed E-state index contributed by atoms with van der Waals surface area (Å²) in [7, 11) is 6.20. The van der Waals surface area contributed by atoms with E-state index in [0.717, 1.165) is 0 Å². The molecule has 0 spiro atoms. The average Bonchev–Trinajstić information content (AvgIpc) is 2.37. The molecular weight excluding hydrogens is 256 g/mol. The molecule has 0 aromatic rings. The van der Waals surface area contributed by atoms with Crippen LogP contribution in [-0.4, -0.2) is 64.3 Å². The zero-order chi connectivity index (χ0) is 14.4. The highest BCUT2D eigenvalue weighted by molar-refractivity contribution is 5.68. The Morgan fingerprint density at radius 1 is 0.947 bits per heavy atom. The van der Waals surface area contributed by atoms with E-state index in [-0.39, 0.29) is 6.29 Å². The van der Waals surface area contributed by atoms with Gasteiger partial charge in [-0.3, -0.25) is 31.5 Å². The van der Waals surface area contributed by atoms with Gasteiger partial charge in [0.2, 0.25) is 0 Å². The minimum atomic E-state index is -0.596. The largest absolute Gasteiger partial charge is 0.453 e. The van der Waals surface area contributed by atoms with Crippen molar-refractivity contribution in [2.75, 3.05) is 28.3 Å². The quantitative estimate of drug-likeness (QED) is 0.398. The molecule has 0 aromatic heterocycles. The van der Waals surface area contributed by atoms with Gasteiger partial charge in [0, 0.05) is 0 Å². The van der Waals surface area contributed by atoms with E-state index in [1.54, 1.807) is 0 Å². The summed E-state index contributed by atoms with van der Waals surface area (Å²) in [6, 6.07) is 0. The van der Waals surface area contributed by atoms with Crippen LogP contribution in [-0.2, 0) is 9.47 Å². The van der Waals surface area contributed by atoms with Crippen LogP contribution in [0.1, 0.15) is 0 Å². The summed E-state index contributed by atoms with van der Waals surface area (Å²) in [5.74, 6) is 0. The molecule has 1 aliphatic rings. The molecule has 10 nitrogen and oxygen atoms in total. The van der Waals surface area contributed by atoms with Crippen molar-refractivity contribution in [1.29, 1.82) is 0 Å². The number of hydrogen-bond donors (Lipinski definition) is 5. The van der Waals surface area contributed by atoms with E-state index in [9.17, 15) is 9.59 Å². The van der Waals surface area contributed by atoms with Crippen molar-refractivity contribution in [3.05, 3.63) is 0 Å². The number of rotatable bonds is 3. The van der Waals surface area contributed by atoms with Crippen molar-refractivity contribution in [2.24, 2.45) is 0 Å². The number of carbonyl (C=O) groups is 2. The second kappa shape index (κ2) is 7.09. The molecule has 0 saturated carbocycles. The summed E-state index contributed by atoms with van der Waals surface area (Å²) in [4.78, 5) is 24.2. The Morgan fingerprint density at radius 2 is 1.37 bits per heavy atom. The Morgan fingerprint density at radius 3 is 1.68 bits per heavy atom. The van der Waals surface area contributed by atoms with Gasteiger partial charge >= 0.3 is 12.2 Å². The third-order valence-electron chi connectivity index (χ3n) is 2.39. The molecule has 5 N–H and O–H groups in total. The van der Waals surface area contributed by atoms with E-state index in [2.05, 4.69) is 36.1 Å². The maximum absolute atomic E-state index is 11.2. The van der Waals surface area contributed by atoms with Crippen LogP contribution in [0.3, 0.4) is 0 Å². The summed E-state index contributed by atoms with van der Waals surface area (Å²) in [5.41, 5.74) is 0. The number of nitrogens with zero attached hydrogens (tertiary/aromatic N) is 1. The van der Waals surface area contributed by atoms with Gasteiger partial charge in [-0.05, 0) is 14.1 Å². The molecule has 0 bridgehead atoms. The summed E-state index contributed by atoms with van der Waals surface area (Å²) in [5, 5.41) is 14.0. The Hall–Kier alpha value is -1.62. The van der Waals surface area contributed by atoms with Crippen LogP contribution >= 0.6 is 0 Å². The zero-order valence-corrected chi connectivity index (χ0v) is 11.3. The fourth-order valence-corrected chi connectivity index (χ4v) is 1.45. The van der Waals surface area contributed by atoms with Gasteiger partial charge < -0.3 is 9.47 Å². The van der Waals surface area contributed by atoms with Crippen LogP contribution in [0.15, 0.2) is 0 Å². The Labute approximate surface area is 111 Å². The van der Waals surface area contributed by atoms with Crippen molar-refractivity contribution >= 4 is 12.2 Å². The van der Waals surface area contributed by atoms with Crippen molar-refractivity contribution in [3.63, 3.8) is 0 Å². The highest BCUT2D eigenvalue weighted by Gasteiger charge is 2.29. The van der Waals surface area contributed by atoms with Gasteiger partial charge in [-0.2, -0.15) is 0 Å². The van der Waals surface area contributed by atoms with Gasteiger partial charge in [0.05, 0.1) is 14.2 Å². The summed E-state index contributed by atoms with van der Waals surface area (Å²) < 4.78 is 9.02. The van der Waals surface area contributed by atoms with Crippen LogP contribution in [0.4, 0.5) is 9.59 Å². The van der Waals surface area contributed by atoms with E-state index in [0.29, 0.717) is 0 Å². The van der Waals surface area contributed by atoms with Gasteiger partial charge in [0.15, 0.2) is 0 Å². The molecule has 1 fully saturated rings. The van der Waals surface area contributed by atoms with Gasteiger partial charge in [-0.15, -0.1) is 0 Å². The van der Waals surface area contributed by atoms with Crippen LogP contribution in [0.5, 0.6) is 0 Å². The Kier molecular flexibility index (Phi) is 5.76. The molecule has 1 aliphatic heterocycles. The van der Waals surface area contributed by atoms with E-state index in [1.165, 1.54) is 14.2 Å². The highest BCUT2D eigenvalue weighted by Crippen LogP contribution is 1.95. The maximum Gasteiger partial charge on any atom is 0.409 e. The third kappa shape index (κ3) is 4.87. The minimum Gasteiger partial charge on any atom is -0.453 e. The van der Waals surface area contributed by atoms with Gasteiger partial charge in [0.1, 0.15) is 18.9 Å². The minimum absolute atomic E-state index is 0.273. The van der Waals surface area contributed by atoms with Crippen LogP contribution in [0.2, 0.25) is 0 Å². The zero-order valence-electron chi connectivity index (χ0n) is 11.3. The molecule has 1 rings (SSSR count). The fourth-order valence-electron chi connectivity index (χ4n) is 1.45. The molecule has 110 valence electrons. The van der Waals surface area contributed by atoms with E-state index >= 15 is 0 Å². The number of amides is 2. The normalized spacial score (nSPS) is 26.7. The number of carbonyl (C=O) groups excluding carboxylic acids is 2. The molecule has 2 unspecified atom stereocenters. The lowest BCUT2D eigenvalue weighted by Crippen LogP contribution is -2.77. The molecule has 2 amide bonds. The molecule has 19 heavy (non-hydrogen) atoms. The predicted molar refractivity (Wildman–Crippen MR) is 65.5 cm³/mol. The highest BCUT2D eigenvalue weighted by atomic mass is 16.5. The third-order valence-corrected chi connectivity index (χ3v) is 2.39. The lowest BCUT2D eigenvalue weighted by molar-refractivity contribution is 0.0673. The van der Waals surface area contributed by atoms with Crippen LogP contribution in [0, 0.1) is 0 Å². The number of ether oxygens (including phenoxy) is 2. The topological polar surface area (TPSA) is 116 Å². The van der Waals surface area contributed by atoms with E-state index in [4.69, 9.17) is 0 Å². The van der Waals surface area contributed by atoms with Gasteiger partial charge in [-0.25, -0.2) is 9.59 Å². The van der Waals surface area contributed by atoms with Crippen molar-refractivity contribution in [2.45, 2.75) is 18.9 Å². The number of methoxy groups -OCH3 is 2. The molecule has 2 atom stereocenters. The number of nitrogens with one attached hydrogen (secondary N) is 5. The molecule has 1 saturated heterocycles. The van der Waals surface area contributed by atoms with Gasteiger partial charge in [0.25, 0.3) is 0 Å². The first-order chi connectivity index (χ1) is 8.96. The van der Waals surface area contributed by atoms with Crippen LogP contribution in [0.25, 0.3) is 0 Å². The second-order valence-electron chi connectivity index (χ2n) is 4.00. The maximum atomic E-state index is 11.2. The predicted octanol–water partition coefficient (Wildman–Crippen LogP) is -2.11. The molecule has 0 radical (unpaired) electrons. The summed E-state index contributed by atoms with van der Waals surface area (Å²) in [6.45, 7) is 0. The Bertz CT molecular complexity index is 300. The van der Waals surface area contributed by atoms with E-state index < -0.39 is 24.8 Å². The molecule has 10 heteroatoms. The van der Waals surface area contributed by atoms with E-state index in [1.807, 2.05) is 19.0 Å². The smallest absolute Gasteiger partial charge is 0.409 e. The first-order valence-electron chi connectivity index (χ1n) is 5.60. The molecule has 0 aliphatic carbocycles. The lowest BCUT2D eigenvalue weighted by Gasteiger charge is -2.40. The van der Waals surface area contributed by atoms with Crippen molar-refractivity contribution in [3.8, 4) is 0 Å². The summed E-state index contributed by atoms with van der Waals surface area (Å²) in [6.07, 6.45) is -2.63. The monoisotopic (exact) mass is 276 g/mol. The second-order valence-corrected chi connectivity index (χ2v) is 4.00. The first kappa shape index (κ1) is 15.4. The lowest BCUT2D eigenvalue weighted by atomic mass is 10.5. The molecule has 1 heterocycles. The van der Waals surface area contributed by atoms with Crippen LogP contribution < -0.4 is 26.6 Å². The Balaban J connectivity index is 2.62. The molecular formula is C9H20N6O4. The number of hydrogen-bond acceptors (Lipinski definition) is 8. The standard InChI is InChI=1S/C9H20N6O4/c1-15(2)7-11-5(13-8(16)18-3)10-6(12-7)14-9(17)19-4/h5-7,10-12H,1-4H3,(H,13,16)(H,14,17). The average molecular weight is 276 g/mol. The summed E-state index contributed by atoms with van der Waals surface area (Å²) >= 11 is 0. The van der Waals surface area contributed by atoms with Gasteiger partial charge in [-0.1, -0.05) is 0 Å². The number of alkyl carbamates (subject to hydrolysis) is 2. The fraction of sp³-hybridized carbons (Fsp3) is 0.778. The SMILES string of the molecule is COC(=O)NC1NC(NC(=O)OC)NC(N(C)C)N1. The molecule has 0 aromatic carbocycles.